The zero-order valence-corrected chi connectivity index (χ0v) is 11.9. The Morgan fingerprint density at radius 2 is 1.95 bits per heavy atom. The predicted octanol–water partition coefficient (Wildman–Crippen LogP) is 3.56. The van der Waals surface area contributed by atoms with Crippen molar-refractivity contribution in [2.75, 3.05) is 6.54 Å². The minimum Gasteiger partial charge on any atom is -0.388 e. The number of hydrogen-bond acceptors (Lipinski definition) is 2. The van der Waals surface area contributed by atoms with Crippen molar-refractivity contribution in [2.45, 2.75) is 18.9 Å². The van der Waals surface area contributed by atoms with Crippen LogP contribution in [0.4, 0.5) is 4.39 Å². The highest BCUT2D eigenvalue weighted by atomic mass is 35.5. The maximum absolute atomic E-state index is 13.5. The van der Waals surface area contributed by atoms with Crippen molar-refractivity contribution in [3.63, 3.8) is 0 Å². The van der Waals surface area contributed by atoms with Gasteiger partial charge in [0.25, 0.3) is 0 Å². The van der Waals surface area contributed by atoms with Gasteiger partial charge in [0.1, 0.15) is 5.82 Å². The van der Waals surface area contributed by atoms with Crippen LogP contribution in [0.5, 0.6) is 0 Å². The molecular formula is C16H17ClFNO. The summed E-state index contributed by atoms with van der Waals surface area (Å²) in [5.41, 5.74) is 7.91. The zero-order valence-electron chi connectivity index (χ0n) is 11.2. The Labute approximate surface area is 123 Å². The van der Waals surface area contributed by atoms with E-state index in [1.165, 1.54) is 12.1 Å². The lowest BCUT2D eigenvalue weighted by atomic mass is 9.88. The van der Waals surface area contributed by atoms with E-state index in [9.17, 15) is 9.50 Å². The molecule has 2 aromatic carbocycles. The highest BCUT2D eigenvalue weighted by molar-refractivity contribution is 6.30. The summed E-state index contributed by atoms with van der Waals surface area (Å²) in [7, 11) is 0. The monoisotopic (exact) mass is 293 g/mol. The summed E-state index contributed by atoms with van der Waals surface area (Å²) < 4.78 is 13.5. The minimum atomic E-state index is -0.868. The normalized spacial score (nSPS) is 14.1. The first-order chi connectivity index (χ1) is 9.51. The third kappa shape index (κ3) is 3.37. The van der Waals surface area contributed by atoms with Gasteiger partial charge in [-0.1, -0.05) is 29.8 Å². The Balaban J connectivity index is 2.35. The smallest absolute Gasteiger partial charge is 0.123 e. The largest absolute Gasteiger partial charge is 0.388 e. The van der Waals surface area contributed by atoms with Crippen LogP contribution in [0.2, 0.25) is 5.02 Å². The highest BCUT2D eigenvalue weighted by Crippen LogP contribution is 2.32. The molecule has 0 saturated carbocycles. The fourth-order valence-corrected chi connectivity index (χ4v) is 2.55. The van der Waals surface area contributed by atoms with Gasteiger partial charge in [-0.25, -0.2) is 4.39 Å². The average Bonchev–Trinajstić information content (AvgIpc) is 2.38. The average molecular weight is 294 g/mol. The Bertz CT molecular complexity index is 583. The highest BCUT2D eigenvalue weighted by Gasteiger charge is 2.22. The van der Waals surface area contributed by atoms with Crippen molar-refractivity contribution in [3.05, 3.63) is 70.0 Å². The number of benzene rings is 2. The van der Waals surface area contributed by atoms with Gasteiger partial charge >= 0.3 is 0 Å². The maximum atomic E-state index is 13.5. The second-order valence-electron chi connectivity index (χ2n) is 4.90. The van der Waals surface area contributed by atoms with Crippen LogP contribution in [0, 0.1) is 12.7 Å². The van der Waals surface area contributed by atoms with E-state index in [1.54, 1.807) is 25.1 Å². The van der Waals surface area contributed by atoms with Gasteiger partial charge in [0, 0.05) is 17.5 Å². The summed E-state index contributed by atoms with van der Waals surface area (Å²) in [5, 5.41) is 11.1. The number of hydrogen-bond donors (Lipinski definition) is 2. The molecule has 0 bridgehead atoms. The first-order valence-electron chi connectivity index (χ1n) is 6.42. The molecule has 0 fully saturated rings. The number of aryl methyl sites for hydroxylation is 1. The van der Waals surface area contributed by atoms with Crippen molar-refractivity contribution < 1.29 is 9.50 Å². The van der Waals surface area contributed by atoms with E-state index in [-0.39, 0.29) is 18.3 Å². The molecule has 2 unspecified atom stereocenters. The molecule has 106 valence electrons. The van der Waals surface area contributed by atoms with Gasteiger partial charge in [0.05, 0.1) is 6.10 Å². The van der Waals surface area contributed by atoms with Crippen LogP contribution in [0.25, 0.3) is 0 Å². The SMILES string of the molecule is Cc1cc(F)cc(C(O)C(CN)c2cccc(Cl)c2)c1. The van der Waals surface area contributed by atoms with Crippen LogP contribution in [-0.2, 0) is 0 Å². The molecule has 4 heteroatoms. The molecule has 2 aromatic rings. The van der Waals surface area contributed by atoms with E-state index in [4.69, 9.17) is 17.3 Å². The number of aliphatic hydroxyl groups excluding tert-OH is 1. The lowest BCUT2D eigenvalue weighted by Gasteiger charge is -2.23. The molecule has 0 amide bonds. The van der Waals surface area contributed by atoms with E-state index < -0.39 is 6.10 Å². The Kier molecular flexibility index (Phi) is 4.76. The standard InChI is InChI=1S/C16H17ClFNO/c1-10-5-12(8-14(18)6-10)16(20)15(9-19)11-3-2-4-13(17)7-11/h2-8,15-16,20H,9,19H2,1H3. The van der Waals surface area contributed by atoms with E-state index in [1.807, 2.05) is 12.1 Å². The van der Waals surface area contributed by atoms with Gasteiger partial charge in [-0.05, 0) is 47.9 Å². The molecule has 0 spiro atoms. The molecule has 0 aliphatic heterocycles. The quantitative estimate of drug-likeness (QED) is 0.905. The van der Waals surface area contributed by atoms with Gasteiger partial charge in [-0.3, -0.25) is 0 Å². The van der Waals surface area contributed by atoms with Crippen molar-refractivity contribution >= 4 is 11.6 Å². The Morgan fingerprint density at radius 3 is 2.55 bits per heavy atom. The minimum absolute atomic E-state index is 0.247. The molecule has 20 heavy (non-hydrogen) atoms. The fraction of sp³-hybridized carbons (Fsp3) is 0.250. The molecule has 0 heterocycles. The Morgan fingerprint density at radius 1 is 1.20 bits per heavy atom. The van der Waals surface area contributed by atoms with Crippen LogP contribution in [0.15, 0.2) is 42.5 Å². The summed E-state index contributed by atoms with van der Waals surface area (Å²) in [4.78, 5) is 0. The van der Waals surface area contributed by atoms with E-state index in [0.717, 1.165) is 11.1 Å². The second-order valence-corrected chi connectivity index (χ2v) is 5.34. The van der Waals surface area contributed by atoms with Gasteiger partial charge in [0.15, 0.2) is 0 Å². The lowest BCUT2D eigenvalue weighted by Crippen LogP contribution is -2.20. The van der Waals surface area contributed by atoms with E-state index in [0.29, 0.717) is 10.6 Å². The summed E-state index contributed by atoms with van der Waals surface area (Å²) in [6.07, 6.45) is -0.868. The first-order valence-corrected chi connectivity index (χ1v) is 6.79. The van der Waals surface area contributed by atoms with Crippen LogP contribution < -0.4 is 5.73 Å². The maximum Gasteiger partial charge on any atom is 0.123 e. The van der Waals surface area contributed by atoms with Crippen LogP contribution in [0.3, 0.4) is 0 Å². The van der Waals surface area contributed by atoms with Crippen LogP contribution >= 0.6 is 11.6 Å². The van der Waals surface area contributed by atoms with Gasteiger partial charge in [-0.15, -0.1) is 0 Å². The molecule has 2 nitrogen and oxygen atoms in total. The third-order valence-corrected chi connectivity index (χ3v) is 3.55. The second kappa shape index (κ2) is 6.35. The van der Waals surface area contributed by atoms with Crippen LogP contribution in [-0.4, -0.2) is 11.7 Å². The van der Waals surface area contributed by atoms with Crippen molar-refractivity contribution in [3.8, 4) is 0 Å². The summed E-state index contributed by atoms with van der Waals surface area (Å²) in [6.45, 7) is 2.03. The van der Waals surface area contributed by atoms with Gasteiger partial charge in [0.2, 0.25) is 0 Å². The molecule has 2 rings (SSSR count). The molecule has 0 aliphatic carbocycles. The number of rotatable bonds is 4. The molecule has 0 radical (unpaired) electrons. The van der Waals surface area contributed by atoms with Crippen molar-refractivity contribution in [1.82, 2.24) is 0 Å². The third-order valence-electron chi connectivity index (χ3n) is 3.32. The fourth-order valence-electron chi connectivity index (χ4n) is 2.35. The molecular weight excluding hydrogens is 277 g/mol. The molecule has 3 N–H and O–H groups in total. The zero-order chi connectivity index (χ0) is 14.7. The lowest BCUT2D eigenvalue weighted by molar-refractivity contribution is 0.147. The van der Waals surface area contributed by atoms with Crippen LogP contribution in [0.1, 0.15) is 28.7 Å². The number of aliphatic hydroxyl groups is 1. The summed E-state index contributed by atoms with van der Waals surface area (Å²) >= 11 is 5.96. The number of nitrogens with two attached hydrogens (primary N) is 1. The topological polar surface area (TPSA) is 46.2 Å². The molecule has 0 aromatic heterocycles. The molecule has 0 aliphatic rings. The summed E-state index contributed by atoms with van der Waals surface area (Å²) in [5.74, 6) is -0.684. The first kappa shape index (κ1) is 15.0. The van der Waals surface area contributed by atoms with Gasteiger partial charge in [-0.2, -0.15) is 0 Å². The molecule has 0 saturated heterocycles. The Hall–Kier alpha value is -1.42. The number of halogens is 2. The molecule has 2 atom stereocenters. The van der Waals surface area contributed by atoms with Crippen molar-refractivity contribution in [1.29, 1.82) is 0 Å². The van der Waals surface area contributed by atoms with Gasteiger partial charge < -0.3 is 10.8 Å². The predicted molar refractivity (Wildman–Crippen MR) is 79.3 cm³/mol. The van der Waals surface area contributed by atoms with E-state index in [2.05, 4.69) is 0 Å². The van der Waals surface area contributed by atoms with Crippen molar-refractivity contribution in [2.24, 2.45) is 5.73 Å². The summed E-state index contributed by atoms with van der Waals surface area (Å²) in [6, 6.07) is 11.7. The van der Waals surface area contributed by atoms with E-state index >= 15 is 0 Å².